The van der Waals surface area contributed by atoms with Crippen LogP contribution in [0, 0.1) is 0 Å². The fourth-order valence-corrected chi connectivity index (χ4v) is 7.27. The molecule has 2 aliphatic heterocycles. The van der Waals surface area contributed by atoms with Crippen LogP contribution in [0.2, 0.25) is 0 Å². The smallest absolute Gasteiger partial charge is 0.301 e. The number of aromatic nitrogens is 2. The van der Waals surface area contributed by atoms with E-state index in [-0.39, 0.29) is 16.5 Å². The standard InChI is InChI=1S/C33H25N3O6S2/c1-40-23-12-9-20(10-13-23)28-27(29(37)21-11-14-25-26(17-21)42-16-15-41-25)30(38)31(39)36(28)32-34-35-33(44-32)43-18-22-7-4-6-19-5-2-3-8-24(19)22/h2-14,17,28,37H,15-16,18H2,1H3/b29-27+. The number of thioether (sulfide) groups is 1. The van der Waals surface area contributed by atoms with E-state index in [1.807, 2.05) is 18.2 Å². The highest BCUT2D eigenvalue weighted by molar-refractivity contribution is 8.00. The van der Waals surface area contributed by atoms with Gasteiger partial charge < -0.3 is 19.3 Å². The van der Waals surface area contributed by atoms with Gasteiger partial charge >= 0.3 is 5.91 Å². The number of aliphatic hydroxyl groups is 1. The SMILES string of the molecule is COc1ccc(C2/C(=C(\O)c3ccc4c(c3)OCCO4)C(=O)C(=O)N2c2nnc(SCc3cccc4ccccc34)s2)cc1. The Balaban J connectivity index is 1.25. The molecule has 1 unspecified atom stereocenters. The van der Waals surface area contributed by atoms with Crippen LogP contribution in [-0.2, 0) is 15.3 Å². The molecule has 9 nitrogen and oxygen atoms in total. The van der Waals surface area contributed by atoms with Crippen LogP contribution in [0.1, 0.15) is 22.7 Å². The molecule has 1 fully saturated rings. The maximum absolute atomic E-state index is 13.6. The maximum atomic E-state index is 13.6. The number of aliphatic hydroxyl groups excluding tert-OH is 1. The molecule has 1 amide bonds. The second-order valence-corrected chi connectivity index (χ2v) is 12.3. The molecule has 2 aliphatic rings. The summed E-state index contributed by atoms with van der Waals surface area (Å²) < 4.78 is 17.2. The highest BCUT2D eigenvalue weighted by atomic mass is 32.2. The molecule has 1 N–H and O–H groups in total. The lowest BCUT2D eigenvalue weighted by atomic mass is 9.95. The zero-order valence-electron chi connectivity index (χ0n) is 23.4. The highest BCUT2D eigenvalue weighted by Crippen LogP contribution is 2.45. The summed E-state index contributed by atoms with van der Waals surface area (Å²) >= 11 is 2.73. The quantitative estimate of drug-likeness (QED) is 0.0725. The Bertz CT molecular complexity index is 1930. The molecular formula is C33H25N3O6S2. The van der Waals surface area contributed by atoms with Crippen LogP contribution in [0.3, 0.4) is 0 Å². The van der Waals surface area contributed by atoms with Gasteiger partial charge in [-0.15, -0.1) is 10.2 Å². The first kappa shape index (κ1) is 27.9. The lowest BCUT2D eigenvalue weighted by molar-refractivity contribution is -0.132. The fourth-order valence-electron chi connectivity index (χ4n) is 5.39. The fraction of sp³-hybridized carbons (Fsp3) is 0.152. The first-order valence-electron chi connectivity index (χ1n) is 13.8. The first-order chi connectivity index (χ1) is 21.5. The topological polar surface area (TPSA) is 111 Å². The molecule has 1 aromatic heterocycles. The predicted octanol–water partition coefficient (Wildman–Crippen LogP) is 6.39. The van der Waals surface area contributed by atoms with Crippen molar-refractivity contribution in [2.75, 3.05) is 25.2 Å². The third kappa shape index (κ3) is 5.03. The van der Waals surface area contributed by atoms with Crippen molar-refractivity contribution in [3.05, 3.63) is 107 Å². The monoisotopic (exact) mass is 623 g/mol. The average Bonchev–Trinajstić information content (AvgIpc) is 3.64. The van der Waals surface area contributed by atoms with Crippen LogP contribution in [0.15, 0.2) is 94.8 Å². The largest absolute Gasteiger partial charge is 0.507 e. The lowest BCUT2D eigenvalue weighted by Gasteiger charge is -2.23. The normalized spacial score (nSPS) is 17.3. The molecule has 220 valence electrons. The Labute approximate surface area is 260 Å². The number of Topliss-reactive ketones (excluding diaryl/α,β-unsaturated/α-hetero) is 1. The van der Waals surface area contributed by atoms with Crippen molar-refractivity contribution < 1.29 is 28.9 Å². The van der Waals surface area contributed by atoms with Crippen LogP contribution in [0.5, 0.6) is 17.2 Å². The van der Waals surface area contributed by atoms with Gasteiger partial charge in [-0.25, -0.2) is 0 Å². The van der Waals surface area contributed by atoms with Gasteiger partial charge in [-0.05, 0) is 52.2 Å². The van der Waals surface area contributed by atoms with E-state index < -0.39 is 17.7 Å². The van der Waals surface area contributed by atoms with Crippen molar-refractivity contribution in [1.29, 1.82) is 0 Å². The number of carbonyl (C=O) groups excluding carboxylic acids is 2. The number of ether oxygens (including phenoxy) is 3. The Morgan fingerprint density at radius 3 is 2.57 bits per heavy atom. The number of nitrogens with zero attached hydrogens (tertiary/aromatic N) is 3. The van der Waals surface area contributed by atoms with E-state index in [4.69, 9.17) is 14.2 Å². The molecule has 3 heterocycles. The molecule has 4 aromatic carbocycles. The third-order valence-corrected chi connectivity index (χ3v) is 9.63. The molecule has 0 radical (unpaired) electrons. The average molecular weight is 624 g/mol. The maximum Gasteiger partial charge on any atom is 0.301 e. The number of benzene rings is 4. The third-order valence-electron chi connectivity index (χ3n) is 7.52. The van der Waals surface area contributed by atoms with E-state index in [1.165, 1.54) is 28.0 Å². The number of hydrogen-bond acceptors (Lipinski definition) is 10. The molecule has 44 heavy (non-hydrogen) atoms. The molecule has 0 saturated carbocycles. The number of amides is 1. The van der Waals surface area contributed by atoms with Gasteiger partial charge in [0.2, 0.25) is 5.13 Å². The minimum atomic E-state index is -0.946. The summed E-state index contributed by atoms with van der Waals surface area (Å²) in [5, 5.41) is 22.8. The molecule has 1 atom stereocenters. The minimum Gasteiger partial charge on any atom is -0.507 e. The second-order valence-electron chi connectivity index (χ2n) is 10.1. The second kappa shape index (κ2) is 11.7. The number of ketones is 1. The van der Waals surface area contributed by atoms with Crippen molar-refractivity contribution in [3.8, 4) is 17.2 Å². The summed E-state index contributed by atoms with van der Waals surface area (Å²) in [6, 6.07) is 25.3. The van der Waals surface area contributed by atoms with E-state index in [1.54, 1.807) is 49.6 Å². The van der Waals surface area contributed by atoms with Crippen LogP contribution in [-0.4, -0.2) is 47.3 Å². The summed E-state index contributed by atoms with van der Waals surface area (Å²) in [4.78, 5) is 28.5. The van der Waals surface area contributed by atoms with Gasteiger partial charge in [-0.3, -0.25) is 14.5 Å². The van der Waals surface area contributed by atoms with Gasteiger partial charge in [0.15, 0.2) is 15.8 Å². The molecule has 1 saturated heterocycles. The van der Waals surface area contributed by atoms with Crippen molar-refractivity contribution in [2.24, 2.45) is 0 Å². The van der Waals surface area contributed by atoms with Gasteiger partial charge in [0.05, 0.1) is 18.7 Å². The molecule has 11 heteroatoms. The molecule has 0 aliphatic carbocycles. The number of fused-ring (bicyclic) bond motifs is 2. The Morgan fingerprint density at radius 2 is 1.75 bits per heavy atom. The minimum absolute atomic E-state index is 0.0583. The molecule has 0 bridgehead atoms. The Kier molecular flexibility index (Phi) is 7.41. The van der Waals surface area contributed by atoms with E-state index in [2.05, 4.69) is 34.5 Å². The van der Waals surface area contributed by atoms with Crippen LogP contribution < -0.4 is 19.1 Å². The molecular weight excluding hydrogens is 599 g/mol. The van der Waals surface area contributed by atoms with Gasteiger partial charge in [0, 0.05) is 11.3 Å². The number of rotatable bonds is 7. The summed E-state index contributed by atoms with van der Waals surface area (Å²) in [7, 11) is 1.56. The highest BCUT2D eigenvalue weighted by Gasteiger charge is 2.48. The van der Waals surface area contributed by atoms with Gasteiger partial charge in [0.1, 0.15) is 24.7 Å². The molecule has 5 aromatic rings. The Morgan fingerprint density at radius 1 is 0.977 bits per heavy atom. The molecule has 7 rings (SSSR count). The van der Waals surface area contributed by atoms with Crippen LogP contribution in [0.25, 0.3) is 16.5 Å². The zero-order chi connectivity index (χ0) is 30.2. The lowest BCUT2D eigenvalue weighted by Crippen LogP contribution is -2.29. The van der Waals surface area contributed by atoms with E-state index >= 15 is 0 Å². The zero-order valence-corrected chi connectivity index (χ0v) is 25.1. The van der Waals surface area contributed by atoms with Crippen LogP contribution in [0.4, 0.5) is 5.13 Å². The number of carbonyl (C=O) groups is 2. The Hall–Kier alpha value is -4.87. The summed E-state index contributed by atoms with van der Waals surface area (Å²) in [6.45, 7) is 0.788. The predicted molar refractivity (Wildman–Crippen MR) is 169 cm³/mol. The van der Waals surface area contributed by atoms with Gasteiger partial charge in [-0.2, -0.15) is 0 Å². The van der Waals surface area contributed by atoms with E-state index in [9.17, 15) is 14.7 Å². The summed E-state index contributed by atoms with van der Waals surface area (Å²) in [5.41, 5.74) is 2.03. The number of hydrogen-bond donors (Lipinski definition) is 1. The van der Waals surface area contributed by atoms with Gasteiger partial charge in [-0.1, -0.05) is 77.7 Å². The molecule has 0 spiro atoms. The number of methoxy groups -OCH3 is 1. The first-order valence-corrected chi connectivity index (χ1v) is 15.6. The van der Waals surface area contributed by atoms with Crippen molar-refractivity contribution in [2.45, 2.75) is 16.1 Å². The summed E-state index contributed by atoms with van der Waals surface area (Å²) in [6.07, 6.45) is 0. The van der Waals surface area contributed by atoms with Crippen molar-refractivity contribution >= 4 is 56.5 Å². The van der Waals surface area contributed by atoms with Crippen molar-refractivity contribution in [1.82, 2.24) is 10.2 Å². The summed E-state index contributed by atoms with van der Waals surface area (Å²) in [5.74, 6) is 0.319. The van der Waals surface area contributed by atoms with Gasteiger partial charge in [0.25, 0.3) is 5.78 Å². The van der Waals surface area contributed by atoms with E-state index in [0.29, 0.717) is 51.7 Å². The number of anilines is 1. The van der Waals surface area contributed by atoms with E-state index in [0.717, 1.165) is 16.3 Å². The van der Waals surface area contributed by atoms with Crippen LogP contribution >= 0.6 is 23.1 Å². The van der Waals surface area contributed by atoms with Crippen molar-refractivity contribution in [3.63, 3.8) is 0 Å².